The Bertz CT molecular complexity index is 559. The van der Waals surface area contributed by atoms with Crippen molar-refractivity contribution in [2.24, 2.45) is 0 Å². The fraction of sp³-hybridized carbons (Fsp3) is 0. The molecule has 0 saturated carbocycles. The van der Waals surface area contributed by atoms with Crippen LogP contribution < -0.4 is 4.74 Å². The molecule has 0 unspecified atom stereocenters. The molecule has 0 amide bonds. The van der Waals surface area contributed by atoms with Crippen LogP contribution in [0.25, 0.3) is 0 Å². The van der Waals surface area contributed by atoms with E-state index in [9.17, 15) is 13.6 Å². The summed E-state index contributed by atoms with van der Waals surface area (Å²) >= 11 is 0. The highest BCUT2D eigenvalue weighted by molar-refractivity contribution is 5.87. The second-order valence-electron chi connectivity index (χ2n) is 3.54. The minimum atomic E-state index is -1.06. The molecular formula is C13H8F2O3. The summed E-state index contributed by atoms with van der Waals surface area (Å²) in [7, 11) is 0. The average Bonchev–Trinajstić information content (AvgIpc) is 2.28. The Labute approximate surface area is 101 Å². The molecular weight excluding hydrogens is 242 g/mol. The molecule has 18 heavy (non-hydrogen) atoms. The first kappa shape index (κ1) is 12.0. The largest absolute Gasteiger partial charge is 0.478 e. The van der Waals surface area contributed by atoms with E-state index in [1.807, 2.05) is 0 Å². The fourth-order valence-corrected chi connectivity index (χ4v) is 1.39. The Morgan fingerprint density at radius 1 is 0.944 bits per heavy atom. The van der Waals surface area contributed by atoms with Gasteiger partial charge in [0.15, 0.2) is 0 Å². The summed E-state index contributed by atoms with van der Waals surface area (Å²) in [6.07, 6.45) is 0. The number of halogens is 2. The van der Waals surface area contributed by atoms with E-state index >= 15 is 0 Å². The Morgan fingerprint density at radius 2 is 1.50 bits per heavy atom. The van der Waals surface area contributed by atoms with Gasteiger partial charge in [-0.25, -0.2) is 13.6 Å². The summed E-state index contributed by atoms with van der Waals surface area (Å²) in [5.41, 5.74) is 0.104. The molecule has 2 aromatic rings. The van der Waals surface area contributed by atoms with Crippen LogP contribution in [0.1, 0.15) is 10.4 Å². The van der Waals surface area contributed by atoms with Gasteiger partial charge in [-0.2, -0.15) is 0 Å². The lowest BCUT2D eigenvalue weighted by molar-refractivity contribution is 0.0697. The molecule has 92 valence electrons. The van der Waals surface area contributed by atoms with Crippen LogP contribution in [0.15, 0.2) is 42.5 Å². The minimum Gasteiger partial charge on any atom is -0.478 e. The molecule has 0 fully saturated rings. The maximum absolute atomic E-state index is 12.9. The number of hydrogen-bond donors (Lipinski definition) is 1. The van der Waals surface area contributed by atoms with Gasteiger partial charge in [0.2, 0.25) is 0 Å². The normalized spacial score (nSPS) is 10.1. The van der Waals surface area contributed by atoms with Crippen LogP contribution in [-0.2, 0) is 0 Å². The van der Waals surface area contributed by atoms with Gasteiger partial charge in [0.1, 0.15) is 23.1 Å². The van der Waals surface area contributed by atoms with Crippen molar-refractivity contribution in [2.75, 3.05) is 0 Å². The molecule has 0 spiro atoms. The van der Waals surface area contributed by atoms with Crippen LogP contribution in [0.3, 0.4) is 0 Å². The molecule has 3 nitrogen and oxygen atoms in total. The van der Waals surface area contributed by atoms with E-state index in [4.69, 9.17) is 9.84 Å². The standard InChI is InChI=1S/C13H8F2O3/c14-9-5-10(15)7-12(6-9)18-11-3-1-8(2-4-11)13(16)17/h1-7H,(H,16,17). The van der Waals surface area contributed by atoms with Crippen LogP contribution in [0.4, 0.5) is 8.78 Å². The number of aromatic carboxylic acids is 1. The third kappa shape index (κ3) is 2.82. The SMILES string of the molecule is O=C(O)c1ccc(Oc2cc(F)cc(F)c2)cc1. The molecule has 2 rings (SSSR count). The van der Waals surface area contributed by atoms with E-state index < -0.39 is 17.6 Å². The molecule has 0 aliphatic rings. The Balaban J connectivity index is 2.20. The van der Waals surface area contributed by atoms with Crippen molar-refractivity contribution in [1.82, 2.24) is 0 Å². The predicted octanol–water partition coefficient (Wildman–Crippen LogP) is 3.46. The Morgan fingerprint density at radius 3 is 2.00 bits per heavy atom. The van der Waals surface area contributed by atoms with Gasteiger partial charge in [-0.1, -0.05) is 0 Å². The highest BCUT2D eigenvalue weighted by Crippen LogP contribution is 2.23. The number of carbonyl (C=O) groups is 1. The van der Waals surface area contributed by atoms with E-state index in [1.165, 1.54) is 24.3 Å². The molecule has 0 saturated heterocycles. The van der Waals surface area contributed by atoms with Crippen molar-refractivity contribution in [3.8, 4) is 11.5 Å². The summed E-state index contributed by atoms with van der Waals surface area (Å²) in [5, 5.41) is 8.70. The lowest BCUT2D eigenvalue weighted by Gasteiger charge is -2.06. The van der Waals surface area contributed by atoms with Gasteiger partial charge >= 0.3 is 5.97 Å². The van der Waals surface area contributed by atoms with Crippen LogP contribution >= 0.6 is 0 Å². The number of ether oxygens (including phenoxy) is 1. The maximum Gasteiger partial charge on any atom is 0.335 e. The van der Waals surface area contributed by atoms with Crippen LogP contribution in [-0.4, -0.2) is 11.1 Å². The quantitative estimate of drug-likeness (QED) is 0.907. The number of carboxylic acid groups (broad SMARTS) is 1. The first-order chi connectivity index (χ1) is 8.54. The molecule has 0 heterocycles. The monoisotopic (exact) mass is 250 g/mol. The van der Waals surface area contributed by atoms with E-state index in [2.05, 4.69) is 0 Å². The minimum absolute atomic E-state index is 0.00979. The molecule has 0 radical (unpaired) electrons. The van der Waals surface area contributed by atoms with Crippen LogP contribution in [0, 0.1) is 11.6 Å². The Hall–Kier alpha value is -2.43. The van der Waals surface area contributed by atoms with Gasteiger partial charge in [-0.15, -0.1) is 0 Å². The zero-order chi connectivity index (χ0) is 13.1. The lowest BCUT2D eigenvalue weighted by Crippen LogP contribution is -1.95. The zero-order valence-electron chi connectivity index (χ0n) is 9.06. The van der Waals surface area contributed by atoms with Gasteiger partial charge in [0, 0.05) is 18.2 Å². The summed E-state index contributed by atoms with van der Waals surface area (Å²) in [4.78, 5) is 10.6. The molecule has 0 aliphatic carbocycles. The van der Waals surface area contributed by atoms with E-state index in [0.29, 0.717) is 5.75 Å². The van der Waals surface area contributed by atoms with Gasteiger partial charge < -0.3 is 9.84 Å². The highest BCUT2D eigenvalue weighted by atomic mass is 19.1. The van der Waals surface area contributed by atoms with Crippen molar-refractivity contribution in [1.29, 1.82) is 0 Å². The van der Waals surface area contributed by atoms with E-state index in [0.717, 1.165) is 18.2 Å². The van der Waals surface area contributed by atoms with Crippen molar-refractivity contribution in [3.63, 3.8) is 0 Å². The molecule has 1 N–H and O–H groups in total. The van der Waals surface area contributed by atoms with Crippen molar-refractivity contribution in [2.45, 2.75) is 0 Å². The highest BCUT2D eigenvalue weighted by Gasteiger charge is 2.05. The number of rotatable bonds is 3. The maximum atomic E-state index is 12.9. The van der Waals surface area contributed by atoms with Gasteiger partial charge in [-0.3, -0.25) is 0 Å². The Kier molecular flexibility index (Phi) is 3.23. The van der Waals surface area contributed by atoms with Gasteiger partial charge in [0.25, 0.3) is 0 Å². The summed E-state index contributed by atoms with van der Waals surface area (Å²) < 4.78 is 31.0. The first-order valence-electron chi connectivity index (χ1n) is 5.02. The number of hydrogen-bond acceptors (Lipinski definition) is 2. The molecule has 0 atom stereocenters. The zero-order valence-corrected chi connectivity index (χ0v) is 9.06. The van der Waals surface area contributed by atoms with Crippen molar-refractivity contribution >= 4 is 5.97 Å². The van der Waals surface area contributed by atoms with Crippen molar-refractivity contribution < 1.29 is 23.4 Å². The van der Waals surface area contributed by atoms with Crippen LogP contribution in [0.5, 0.6) is 11.5 Å². The molecule has 0 aliphatic heterocycles. The predicted molar refractivity (Wildman–Crippen MR) is 59.8 cm³/mol. The third-order valence-electron chi connectivity index (χ3n) is 2.17. The summed E-state index contributed by atoms with van der Waals surface area (Å²) in [5.74, 6) is -2.24. The molecule has 0 aromatic heterocycles. The fourth-order valence-electron chi connectivity index (χ4n) is 1.39. The molecule has 0 bridgehead atoms. The number of benzene rings is 2. The summed E-state index contributed by atoms with van der Waals surface area (Å²) in [6.45, 7) is 0. The van der Waals surface area contributed by atoms with Crippen molar-refractivity contribution in [3.05, 3.63) is 59.7 Å². The topological polar surface area (TPSA) is 46.5 Å². The average molecular weight is 250 g/mol. The smallest absolute Gasteiger partial charge is 0.335 e. The van der Waals surface area contributed by atoms with Gasteiger partial charge in [-0.05, 0) is 24.3 Å². The van der Waals surface area contributed by atoms with Gasteiger partial charge in [0.05, 0.1) is 5.56 Å². The first-order valence-corrected chi connectivity index (χ1v) is 5.02. The molecule has 5 heteroatoms. The molecule has 2 aromatic carbocycles. The van der Waals surface area contributed by atoms with Crippen LogP contribution in [0.2, 0.25) is 0 Å². The third-order valence-corrected chi connectivity index (χ3v) is 2.17. The second-order valence-corrected chi connectivity index (χ2v) is 3.54. The second kappa shape index (κ2) is 4.83. The number of carboxylic acids is 1. The van der Waals surface area contributed by atoms with E-state index in [-0.39, 0.29) is 11.3 Å². The summed E-state index contributed by atoms with van der Waals surface area (Å²) in [6, 6.07) is 8.31. The van der Waals surface area contributed by atoms with E-state index in [1.54, 1.807) is 0 Å². The lowest BCUT2D eigenvalue weighted by atomic mass is 10.2.